The highest BCUT2D eigenvalue weighted by Crippen LogP contribution is 2.23. The summed E-state index contributed by atoms with van der Waals surface area (Å²) < 4.78 is 0. The van der Waals surface area contributed by atoms with Gasteiger partial charge in [0.1, 0.15) is 11.9 Å². The minimum atomic E-state index is -0.762. The molecule has 2 rings (SSSR count). The molecule has 2 amide bonds. The van der Waals surface area contributed by atoms with Crippen molar-refractivity contribution in [2.24, 2.45) is 16.9 Å². The zero-order valence-electron chi connectivity index (χ0n) is 16.4. The molecule has 1 atom stereocenters. The van der Waals surface area contributed by atoms with Crippen molar-refractivity contribution in [3.8, 4) is 0 Å². The van der Waals surface area contributed by atoms with Gasteiger partial charge in [0.25, 0.3) is 5.91 Å². The van der Waals surface area contributed by atoms with Gasteiger partial charge < -0.3 is 32.8 Å². The third-order valence-corrected chi connectivity index (χ3v) is 3.96. The predicted molar refractivity (Wildman–Crippen MR) is 108 cm³/mol. The maximum absolute atomic E-state index is 11.8. The van der Waals surface area contributed by atoms with Gasteiger partial charge in [-0.25, -0.2) is 9.97 Å². The first-order chi connectivity index (χ1) is 13.1. The summed E-state index contributed by atoms with van der Waals surface area (Å²) in [5, 5.41) is 16.5. The normalized spacial score (nSPS) is 15.5. The third kappa shape index (κ3) is 6.53. The van der Waals surface area contributed by atoms with E-state index in [0.29, 0.717) is 18.2 Å². The number of anilines is 2. The van der Waals surface area contributed by atoms with Crippen molar-refractivity contribution in [3.63, 3.8) is 0 Å². The van der Waals surface area contributed by atoms with Gasteiger partial charge in [-0.1, -0.05) is 20.8 Å². The fourth-order valence-corrected chi connectivity index (χ4v) is 2.45. The Kier molecular flexibility index (Phi) is 6.55. The van der Waals surface area contributed by atoms with Crippen LogP contribution in [0, 0.1) is 10.8 Å². The molecule has 0 bridgehead atoms. The van der Waals surface area contributed by atoms with Gasteiger partial charge in [0.05, 0.1) is 11.9 Å². The lowest BCUT2D eigenvalue weighted by atomic mass is 9.88. The summed E-state index contributed by atoms with van der Waals surface area (Å²) in [5.41, 5.74) is 11.1. The van der Waals surface area contributed by atoms with Crippen molar-refractivity contribution in [1.29, 1.82) is 5.41 Å². The molecule has 1 heterocycles. The van der Waals surface area contributed by atoms with E-state index in [1.165, 1.54) is 6.20 Å². The molecule has 1 aromatic rings. The van der Waals surface area contributed by atoms with Crippen LogP contribution in [0.25, 0.3) is 0 Å². The molecule has 1 fully saturated rings. The largest absolute Gasteiger partial charge is 0.386 e. The molecule has 1 aliphatic carbocycles. The zero-order chi connectivity index (χ0) is 20.9. The second-order valence-electron chi connectivity index (χ2n) is 7.99. The lowest BCUT2D eigenvalue weighted by Gasteiger charge is -2.25. The minimum absolute atomic E-state index is 0.0730. The van der Waals surface area contributed by atoms with Crippen LogP contribution in [0.1, 0.15) is 50.5 Å². The van der Waals surface area contributed by atoms with Crippen LogP contribution in [-0.4, -0.2) is 40.1 Å². The predicted octanol–water partition coefficient (Wildman–Crippen LogP) is 0.932. The van der Waals surface area contributed by atoms with Gasteiger partial charge in [0.15, 0.2) is 11.5 Å². The lowest BCUT2D eigenvalue weighted by Crippen LogP contribution is -2.38. The van der Waals surface area contributed by atoms with Gasteiger partial charge >= 0.3 is 0 Å². The van der Waals surface area contributed by atoms with Crippen LogP contribution in [0.15, 0.2) is 18.1 Å². The highest BCUT2D eigenvalue weighted by atomic mass is 16.1. The average Bonchev–Trinajstić information content (AvgIpc) is 3.41. The van der Waals surface area contributed by atoms with Crippen molar-refractivity contribution < 1.29 is 9.59 Å². The highest BCUT2D eigenvalue weighted by molar-refractivity contribution is 5.97. The Hall–Kier alpha value is -3.17. The van der Waals surface area contributed by atoms with E-state index in [1.54, 1.807) is 6.20 Å². The van der Waals surface area contributed by atoms with Crippen LogP contribution in [0.5, 0.6) is 0 Å². The summed E-state index contributed by atoms with van der Waals surface area (Å²) in [6.45, 7) is 5.98. The van der Waals surface area contributed by atoms with E-state index in [2.05, 4.69) is 25.9 Å². The van der Waals surface area contributed by atoms with Gasteiger partial charge in [0.2, 0.25) is 5.91 Å². The third-order valence-electron chi connectivity index (χ3n) is 3.96. The van der Waals surface area contributed by atoms with E-state index in [9.17, 15) is 9.59 Å². The second-order valence-corrected chi connectivity index (χ2v) is 7.99. The van der Waals surface area contributed by atoms with Crippen LogP contribution in [0.3, 0.4) is 0 Å². The summed E-state index contributed by atoms with van der Waals surface area (Å²) in [6.07, 6.45) is 6.70. The Bertz CT molecular complexity index is 780. The summed E-state index contributed by atoms with van der Waals surface area (Å²) in [5.74, 6) is -0.926. The number of primary amides is 2. The van der Waals surface area contributed by atoms with Crippen molar-refractivity contribution >= 4 is 29.7 Å². The van der Waals surface area contributed by atoms with Crippen LogP contribution in [0.2, 0.25) is 0 Å². The number of nitrogens with one attached hydrogen (secondary N) is 4. The van der Waals surface area contributed by atoms with E-state index >= 15 is 0 Å². The number of rotatable bonds is 10. The molecule has 0 saturated heterocycles. The molecule has 0 aliphatic heterocycles. The molecule has 10 nitrogen and oxygen atoms in total. The van der Waals surface area contributed by atoms with E-state index in [4.69, 9.17) is 16.9 Å². The molecule has 0 unspecified atom stereocenters. The van der Waals surface area contributed by atoms with Gasteiger partial charge in [-0.2, -0.15) is 0 Å². The summed E-state index contributed by atoms with van der Waals surface area (Å²) in [6, 6.07) is -0.254. The monoisotopic (exact) mass is 388 g/mol. The van der Waals surface area contributed by atoms with Crippen molar-refractivity contribution in [3.05, 3.63) is 23.8 Å². The molecular weight excluding hydrogens is 360 g/mol. The molecular formula is C18H28N8O2. The first kappa shape index (κ1) is 21.1. The Labute approximate surface area is 164 Å². The van der Waals surface area contributed by atoms with E-state index in [1.807, 2.05) is 20.8 Å². The molecule has 1 aromatic heterocycles. The molecule has 0 spiro atoms. The SMILES string of the molecule is CC(C)(C)C[C@@H](Nc1cnc(C(N)=O)c(N/C(C=N)=C/NC2CC2)n1)C(N)=O. The number of amides is 2. The number of hydrogen-bond donors (Lipinski definition) is 6. The number of carbonyl (C=O) groups is 2. The van der Waals surface area contributed by atoms with Crippen molar-refractivity contribution in [2.45, 2.75) is 52.1 Å². The van der Waals surface area contributed by atoms with Crippen LogP contribution in [-0.2, 0) is 4.79 Å². The number of nitrogens with two attached hydrogens (primary N) is 2. The topological polar surface area (TPSA) is 172 Å². The smallest absolute Gasteiger partial charge is 0.271 e. The maximum atomic E-state index is 11.8. The Morgan fingerprint density at radius 3 is 2.54 bits per heavy atom. The van der Waals surface area contributed by atoms with Crippen LogP contribution in [0.4, 0.5) is 11.6 Å². The first-order valence-corrected chi connectivity index (χ1v) is 9.05. The summed E-state index contributed by atoms with van der Waals surface area (Å²) in [4.78, 5) is 31.8. The van der Waals surface area contributed by atoms with Crippen LogP contribution >= 0.6 is 0 Å². The minimum Gasteiger partial charge on any atom is -0.386 e. The molecule has 10 heteroatoms. The van der Waals surface area contributed by atoms with Gasteiger partial charge in [-0.15, -0.1) is 0 Å². The quantitative estimate of drug-likeness (QED) is 0.323. The average molecular weight is 388 g/mol. The molecule has 1 aliphatic rings. The van der Waals surface area contributed by atoms with E-state index < -0.39 is 17.9 Å². The van der Waals surface area contributed by atoms with Gasteiger partial charge in [0, 0.05) is 18.5 Å². The van der Waals surface area contributed by atoms with Crippen LogP contribution < -0.4 is 27.4 Å². The number of nitrogens with zero attached hydrogens (tertiary/aromatic N) is 2. The maximum Gasteiger partial charge on any atom is 0.271 e. The fourth-order valence-electron chi connectivity index (χ4n) is 2.45. The Balaban J connectivity index is 2.25. The fraction of sp³-hybridized carbons (Fsp3) is 0.500. The van der Waals surface area contributed by atoms with Crippen molar-refractivity contribution in [2.75, 3.05) is 10.6 Å². The number of hydrogen-bond acceptors (Lipinski definition) is 8. The zero-order valence-corrected chi connectivity index (χ0v) is 16.4. The molecule has 8 N–H and O–H groups in total. The number of allylic oxidation sites excluding steroid dienone is 1. The lowest BCUT2D eigenvalue weighted by molar-refractivity contribution is -0.119. The van der Waals surface area contributed by atoms with Gasteiger partial charge in [-0.3, -0.25) is 9.59 Å². The first-order valence-electron chi connectivity index (χ1n) is 9.05. The Morgan fingerprint density at radius 2 is 2.04 bits per heavy atom. The summed E-state index contributed by atoms with van der Waals surface area (Å²) in [7, 11) is 0. The Morgan fingerprint density at radius 1 is 1.36 bits per heavy atom. The number of carbonyl (C=O) groups excluding carboxylic acids is 2. The molecule has 0 aromatic carbocycles. The molecule has 152 valence electrons. The summed E-state index contributed by atoms with van der Waals surface area (Å²) >= 11 is 0. The van der Waals surface area contributed by atoms with E-state index in [0.717, 1.165) is 19.1 Å². The van der Waals surface area contributed by atoms with E-state index in [-0.39, 0.29) is 22.7 Å². The number of aromatic nitrogens is 2. The standard InChI is InChI=1S/C18H28N8O2/c1-18(2,3)6-12(15(20)27)25-13-9-23-14(16(21)28)17(26-13)24-11(7-19)8-22-10-4-5-10/h7-10,12,19,22H,4-6H2,1-3H3,(H2,20,27)(H2,21,28)(H2,24,25,26)/b11-8+,19-7?/t12-/m1/s1. The highest BCUT2D eigenvalue weighted by Gasteiger charge is 2.24. The molecule has 1 saturated carbocycles. The van der Waals surface area contributed by atoms with Crippen molar-refractivity contribution in [1.82, 2.24) is 15.3 Å². The molecule has 0 radical (unpaired) electrons. The second kappa shape index (κ2) is 8.68. The van der Waals surface area contributed by atoms with Gasteiger partial charge in [-0.05, 0) is 24.7 Å². The molecule has 28 heavy (non-hydrogen) atoms.